The Morgan fingerprint density at radius 3 is 2.75 bits per heavy atom. The van der Waals surface area contributed by atoms with Crippen molar-refractivity contribution < 1.29 is 4.79 Å². The van der Waals surface area contributed by atoms with Crippen molar-refractivity contribution in [2.75, 3.05) is 0 Å². The molecule has 0 atom stereocenters. The number of carbonyl (C=O) groups excluding carboxylic acids is 1. The first-order valence-electron chi connectivity index (χ1n) is 3.73. The molecule has 1 nitrogen and oxygen atoms in total. The van der Waals surface area contributed by atoms with Crippen LogP contribution in [0, 0.1) is 5.41 Å². The van der Waals surface area contributed by atoms with Crippen LogP contribution in [0.5, 0.6) is 0 Å². The predicted molar refractivity (Wildman–Crippen MR) is 52.9 cm³/mol. The molecule has 0 aliphatic heterocycles. The summed E-state index contributed by atoms with van der Waals surface area (Å²) in [4.78, 5) is 10.6. The Labute approximate surface area is 81.4 Å². The van der Waals surface area contributed by atoms with Crippen molar-refractivity contribution in [3.8, 4) is 0 Å². The van der Waals surface area contributed by atoms with Crippen LogP contribution < -0.4 is 0 Å². The molecule has 1 aromatic heterocycles. The first-order chi connectivity index (χ1) is 5.55. The Bertz CT molecular complexity index is 278. The molecule has 0 aromatic carbocycles. The third kappa shape index (κ3) is 2.32. The monoisotopic (exact) mass is 202 g/mol. The normalized spacial score (nSPS) is 11.6. The van der Waals surface area contributed by atoms with Gasteiger partial charge in [0.25, 0.3) is 0 Å². The van der Waals surface area contributed by atoms with Crippen LogP contribution in [0.4, 0.5) is 0 Å². The maximum Gasteiger partial charge on any atom is 0.125 e. The lowest BCUT2D eigenvalue weighted by Crippen LogP contribution is -2.15. The molecule has 0 amide bonds. The van der Waals surface area contributed by atoms with Gasteiger partial charge in [0.15, 0.2) is 0 Å². The minimum Gasteiger partial charge on any atom is -0.303 e. The maximum atomic E-state index is 10.6. The average Bonchev–Trinajstić information content (AvgIpc) is 2.36. The predicted octanol–water partition coefficient (Wildman–Crippen LogP) is 3.17. The molecule has 1 rings (SSSR count). The van der Waals surface area contributed by atoms with Gasteiger partial charge in [0.1, 0.15) is 6.29 Å². The molecule has 0 unspecified atom stereocenters. The number of aldehydes is 1. The lowest BCUT2D eigenvalue weighted by molar-refractivity contribution is -0.114. The van der Waals surface area contributed by atoms with E-state index >= 15 is 0 Å². The number of carbonyl (C=O) groups is 1. The number of halogens is 1. The van der Waals surface area contributed by atoms with Gasteiger partial charge >= 0.3 is 0 Å². The van der Waals surface area contributed by atoms with E-state index in [2.05, 4.69) is 0 Å². The summed E-state index contributed by atoms with van der Waals surface area (Å²) in [6.45, 7) is 3.82. The highest BCUT2D eigenvalue weighted by Crippen LogP contribution is 2.28. The van der Waals surface area contributed by atoms with E-state index in [1.54, 1.807) is 0 Å². The minimum atomic E-state index is -0.301. The van der Waals surface area contributed by atoms with Crippen LogP contribution in [0.25, 0.3) is 0 Å². The van der Waals surface area contributed by atoms with Crippen molar-refractivity contribution in [3.63, 3.8) is 0 Å². The topological polar surface area (TPSA) is 17.1 Å². The first kappa shape index (κ1) is 9.75. The summed E-state index contributed by atoms with van der Waals surface area (Å²) in [6, 6.07) is 1.97. The molecular weight excluding hydrogens is 192 g/mol. The third-order valence-electron chi connectivity index (χ3n) is 1.66. The van der Waals surface area contributed by atoms with Crippen LogP contribution in [0.3, 0.4) is 0 Å². The molecular formula is C9H11ClOS. The molecule has 1 heterocycles. The van der Waals surface area contributed by atoms with Crippen molar-refractivity contribution in [1.82, 2.24) is 0 Å². The van der Waals surface area contributed by atoms with Crippen molar-refractivity contribution >= 4 is 29.2 Å². The fraction of sp³-hybridized carbons (Fsp3) is 0.444. The molecule has 0 N–H and O–H groups in total. The number of hydrogen-bond acceptors (Lipinski definition) is 2. The van der Waals surface area contributed by atoms with Gasteiger partial charge in [-0.2, -0.15) is 0 Å². The molecule has 66 valence electrons. The molecule has 0 spiro atoms. The Morgan fingerprint density at radius 2 is 2.33 bits per heavy atom. The van der Waals surface area contributed by atoms with E-state index in [1.165, 1.54) is 11.3 Å². The first-order valence-corrected chi connectivity index (χ1v) is 4.99. The van der Waals surface area contributed by atoms with Gasteiger partial charge in [-0.3, -0.25) is 0 Å². The second-order valence-corrected chi connectivity index (χ2v) is 5.02. The second-order valence-electron chi connectivity index (χ2n) is 3.50. The number of thiophene rings is 1. The largest absolute Gasteiger partial charge is 0.303 e. The average molecular weight is 203 g/mol. The Balaban J connectivity index is 2.76. The molecule has 0 bridgehead atoms. The lowest BCUT2D eigenvalue weighted by atomic mass is 9.89. The Hall–Kier alpha value is -0.340. The van der Waals surface area contributed by atoms with Crippen molar-refractivity contribution in [3.05, 3.63) is 21.3 Å². The van der Waals surface area contributed by atoms with Crippen molar-refractivity contribution in [1.29, 1.82) is 0 Å². The van der Waals surface area contributed by atoms with E-state index in [9.17, 15) is 4.79 Å². The van der Waals surface area contributed by atoms with E-state index in [-0.39, 0.29) is 5.41 Å². The zero-order valence-electron chi connectivity index (χ0n) is 7.13. The van der Waals surface area contributed by atoms with Crippen LogP contribution >= 0.6 is 22.9 Å². The molecule has 1 aromatic rings. The molecule has 3 heteroatoms. The highest BCUT2D eigenvalue weighted by molar-refractivity contribution is 7.14. The van der Waals surface area contributed by atoms with E-state index in [0.717, 1.165) is 22.6 Å². The summed E-state index contributed by atoms with van der Waals surface area (Å²) in [5.41, 5.74) is 0.767. The summed E-state index contributed by atoms with van der Waals surface area (Å²) in [7, 11) is 0. The van der Waals surface area contributed by atoms with Gasteiger partial charge in [-0.1, -0.05) is 25.4 Å². The fourth-order valence-corrected chi connectivity index (χ4v) is 1.91. The fourth-order valence-electron chi connectivity index (χ4n) is 0.978. The molecule has 0 saturated carbocycles. The van der Waals surface area contributed by atoms with Gasteiger partial charge in [-0.25, -0.2) is 0 Å². The van der Waals surface area contributed by atoms with Crippen LogP contribution in [-0.4, -0.2) is 6.29 Å². The van der Waals surface area contributed by atoms with Gasteiger partial charge in [-0.15, -0.1) is 11.3 Å². The van der Waals surface area contributed by atoms with E-state index in [0.29, 0.717) is 0 Å². The third-order valence-corrected chi connectivity index (χ3v) is 2.91. The molecule has 12 heavy (non-hydrogen) atoms. The summed E-state index contributed by atoms with van der Waals surface area (Å²) in [6.07, 6.45) is 1.69. The molecule has 0 aliphatic carbocycles. The standard InChI is InChI=1S/C9H11ClOS/c1-9(2,6-11)5-7-3-4-12-8(7)10/h3-4,6H,5H2,1-2H3. The summed E-state index contributed by atoms with van der Waals surface area (Å²) in [5, 5.41) is 1.94. The van der Waals surface area contributed by atoms with Gasteiger partial charge in [0.05, 0.1) is 4.34 Å². The summed E-state index contributed by atoms with van der Waals surface area (Å²) >= 11 is 7.41. The van der Waals surface area contributed by atoms with Crippen molar-refractivity contribution in [2.24, 2.45) is 5.41 Å². The van der Waals surface area contributed by atoms with E-state index in [4.69, 9.17) is 11.6 Å². The second kappa shape index (κ2) is 3.58. The van der Waals surface area contributed by atoms with Gasteiger partial charge in [0.2, 0.25) is 0 Å². The molecule has 0 saturated heterocycles. The summed E-state index contributed by atoms with van der Waals surface area (Å²) < 4.78 is 0.796. The molecule has 0 fully saturated rings. The van der Waals surface area contributed by atoms with Crippen molar-refractivity contribution in [2.45, 2.75) is 20.3 Å². The Morgan fingerprint density at radius 1 is 1.67 bits per heavy atom. The van der Waals surface area contributed by atoms with Crippen LogP contribution in [-0.2, 0) is 11.2 Å². The number of rotatable bonds is 3. The van der Waals surface area contributed by atoms with Gasteiger partial charge < -0.3 is 4.79 Å². The van der Waals surface area contributed by atoms with Crippen LogP contribution in [0.1, 0.15) is 19.4 Å². The number of hydrogen-bond donors (Lipinski definition) is 0. The minimum absolute atomic E-state index is 0.301. The summed E-state index contributed by atoms with van der Waals surface area (Å²) in [5.74, 6) is 0. The SMILES string of the molecule is CC(C)(C=O)Cc1ccsc1Cl. The van der Waals surface area contributed by atoms with E-state index in [1.807, 2.05) is 25.3 Å². The maximum absolute atomic E-state index is 10.6. The lowest BCUT2D eigenvalue weighted by Gasteiger charge is -2.15. The van der Waals surface area contributed by atoms with Crippen LogP contribution in [0.15, 0.2) is 11.4 Å². The Kier molecular flexibility index (Phi) is 2.91. The quantitative estimate of drug-likeness (QED) is 0.689. The van der Waals surface area contributed by atoms with E-state index < -0.39 is 0 Å². The zero-order chi connectivity index (χ0) is 9.19. The molecule has 0 radical (unpaired) electrons. The molecule has 0 aliphatic rings. The smallest absolute Gasteiger partial charge is 0.125 e. The van der Waals surface area contributed by atoms with Gasteiger partial charge in [0, 0.05) is 5.41 Å². The zero-order valence-corrected chi connectivity index (χ0v) is 8.71. The highest BCUT2D eigenvalue weighted by atomic mass is 35.5. The highest BCUT2D eigenvalue weighted by Gasteiger charge is 2.18. The van der Waals surface area contributed by atoms with Crippen LogP contribution in [0.2, 0.25) is 4.34 Å². The van der Waals surface area contributed by atoms with Gasteiger partial charge in [-0.05, 0) is 23.4 Å².